The Labute approximate surface area is 133 Å². The number of imidazole rings is 1. The number of H-pyrrole nitrogens is 1. The van der Waals surface area contributed by atoms with Gasteiger partial charge in [-0.1, -0.05) is 0 Å². The standard InChI is InChI=1S/C16H18N6O/c1-11-13(4-6-17-11)16(23)21-8-5-12(10-21)19-14-2-3-15-18-7-9-22(15)20-14/h2-4,6-7,9,12,17H,5,8,10H2,1H3,(H,19,20). The van der Waals surface area contributed by atoms with E-state index in [1.165, 1.54) is 0 Å². The molecule has 1 unspecified atom stereocenters. The minimum Gasteiger partial charge on any atom is -0.365 e. The highest BCUT2D eigenvalue weighted by Crippen LogP contribution is 2.18. The van der Waals surface area contributed by atoms with Crippen molar-refractivity contribution in [3.8, 4) is 0 Å². The third kappa shape index (κ3) is 2.54. The second-order valence-electron chi connectivity index (χ2n) is 5.85. The van der Waals surface area contributed by atoms with E-state index >= 15 is 0 Å². The number of aryl methyl sites for hydroxylation is 1. The quantitative estimate of drug-likeness (QED) is 0.772. The summed E-state index contributed by atoms with van der Waals surface area (Å²) in [6, 6.07) is 5.90. The molecule has 1 fully saturated rings. The first kappa shape index (κ1) is 13.8. The van der Waals surface area contributed by atoms with Gasteiger partial charge in [0.2, 0.25) is 0 Å². The van der Waals surface area contributed by atoms with Crippen LogP contribution in [0.4, 0.5) is 5.82 Å². The van der Waals surface area contributed by atoms with Crippen molar-refractivity contribution in [1.29, 1.82) is 0 Å². The van der Waals surface area contributed by atoms with Gasteiger partial charge in [-0.05, 0) is 31.5 Å². The Balaban J connectivity index is 1.44. The minimum atomic E-state index is 0.0890. The summed E-state index contributed by atoms with van der Waals surface area (Å²) in [5.74, 6) is 0.888. The van der Waals surface area contributed by atoms with Gasteiger partial charge in [0.25, 0.3) is 5.91 Å². The largest absolute Gasteiger partial charge is 0.365 e. The van der Waals surface area contributed by atoms with E-state index in [1.807, 2.05) is 36.2 Å². The number of anilines is 1. The van der Waals surface area contributed by atoms with E-state index in [0.717, 1.165) is 35.7 Å². The van der Waals surface area contributed by atoms with Gasteiger partial charge < -0.3 is 15.2 Å². The Bertz CT molecular complexity index is 851. The lowest BCUT2D eigenvalue weighted by Crippen LogP contribution is -2.32. The molecular weight excluding hydrogens is 292 g/mol. The normalized spacial score (nSPS) is 17.8. The Morgan fingerprint density at radius 1 is 1.39 bits per heavy atom. The van der Waals surface area contributed by atoms with E-state index in [-0.39, 0.29) is 11.9 Å². The van der Waals surface area contributed by atoms with Crippen LogP contribution in [0.15, 0.2) is 36.8 Å². The maximum Gasteiger partial charge on any atom is 0.255 e. The van der Waals surface area contributed by atoms with E-state index in [0.29, 0.717) is 6.54 Å². The second kappa shape index (κ2) is 5.42. The summed E-state index contributed by atoms with van der Waals surface area (Å²) in [7, 11) is 0. The summed E-state index contributed by atoms with van der Waals surface area (Å²) in [6.45, 7) is 3.37. The zero-order valence-electron chi connectivity index (χ0n) is 12.9. The number of rotatable bonds is 3. The number of nitrogens with zero attached hydrogens (tertiary/aromatic N) is 4. The van der Waals surface area contributed by atoms with Gasteiger partial charge in [0.05, 0.1) is 5.56 Å². The van der Waals surface area contributed by atoms with Crippen LogP contribution >= 0.6 is 0 Å². The summed E-state index contributed by atoms with van der Waals surface area (Å²) >= 11 is 0. The number of nitrogens with one attached hydrogen (secondary N) is 2. The van der Waals surface area contributed by atoms with Gasteiger partial charge in [-0.15, -0.1) is 5.10 Å². The fraction of sp³-hybridized carbons (Fsp3) is 0.312. The smallest absolute Gasteiger partial charge is 0.255 e. The topological polar surface area (TPSA) is 78.3 Å². The highest BCUT2D eigenvalue weighted by molar-refractivity contribution is 5.95. The molecule has 0 radical (unpaired) electrons. The second-order valence-corrected chi connectivity index (χ2v) is 5.85. The molecule has 1 aliphatic heterocycles. The minimum absolute atomic E-state index is 0.0890. The van der Waals surface area contributed by atoms with Crippen molar-refractivity contribution in [3.63, 3.8) is 0 Å². The molecule has 0 spiro atoms. The predicted molar refractivity (Wildman–Crippen MR) is 86.4 cm³/mol. The molecule has 3 aromatic rings. The van der Waals surface area contributed by atoms with Crippen molar-refractivity contribution in [2.75, 3.05) is 18.4 Å². The zero-order valence-corrected chi connectivity index (χ0v) is 12.9. The molecular formula is C16H18N6O. The molecule has 4 heterocycles. The lowest BCUT2D eigenvalue weighted by atomic mass is 10.2. The summed E-state index contributed by atoms with van der Waals surface area (Å²) in [4.78, 5) is 21.6. The van der Waals surface area contributed by atoms with E-state index in [9.17, 15) is 4.79 Å². The van der Waals surface area contributed by atoms with Crippen LogP contribution in [-0.4, -0.2) is 49.5 Å². The van der Waals surface area contributed by atoms with Gasteiger partial charge in [0.15, 0.2) is 5.65 Å². The molecule has 4 rings (SSSR count). The van der Waals surface area contributed by atoms with Crippen LogP contribution in [0.2, 0.25) is 0 Å². The molecule has 7 heteroatoms. The number of carbonyl (C=O) groups excluding carboxylic acids is 1. The first-order valence-corrected chi connectivity index (χ1v) is 7.71. The van der Waals surface area contributed by atoms with E-state index in [2.05, 4.69) is 20.4 Å². The molecule has 7 nitrogen and oxygen atoms in total. The van der Waals surface area contributed by atoms with Crippen molar-refractivity contribution in [1.82, 2.24) is 24.5 Å². The number of likely N-dealkylation sites (tertiary alicyclic amines) is 1. The van der Waals surface area contributed by atoms with Gasteiger partial charge in [-0.25, -0.2) is 9.50 Å². The summed E-state index contributed by atoms with van der Waals surface area (Å²) < 4.78 is 1.74. The fourth-order valence-corrected chi connectivity index (χ4v) is 3.02. The highest BCUT2D eigenvalue weighted by atomic mass is 16.2. The zero-order chi connectivity index (χ0) is 15.8. The van der Waals surface area contributed by atoms with E-state index in [1.54, 1.807) is 16.9 Å². The lowest BCUT2D eigenvalue weighted by Gasteiger charge is -2.17. The van der Waals surface area contributed by atoms with Gasteiger partial charge in [0.1, 0.15) is 5.82 Å². The Hall–Kier alpha value is -2.83. The average Bonchev–Trinajstić information content (AvgIpc) is 3.26. The van der Waals surface area contributed by atoms with Gasteiger partial charge in [-0.3, -0.25) is 4.79 Å². The number of hydrogen-bond acceptors (Lipinski definition) is 4. The van der Waals surface area contributed by atoms with Crippen LogP contribution in [0.3, 0.4) is 0 Å². The molecule has 0 saturated carbocycles. The first-order valence-electron chi connectivity index (χ1n) is 7.71. The number of fused-ring (bicyclic) bond motifs is 1. The number of amides is 1. The molecule has 1 atom stereocenters. The Morgan fingerprint density at radius 2 is 2.30 bits per heavy atom. The molecule has 0 bridgehead atoms. The van der Waals surface area contributed by atoms with Crippen molar-refractivity contribution in [2.24, 2.45) is 0 Å². The molecule has 0 aliphatic carbocycles. The van der Waals surface area contributed by atoms with Crippen molar-refractivity contribution in [2.45, 2.75) is 19.4 Å². The molecule has 1 saturated heterocycles. The summed E-state index contributed by atoms with van der Waals surface area (Å²) in [5.41, 5.74) is 2.49. The molecule has 2 N–H and O–H groups in total. The van der Waals surface area contributed by atoms with E-state index in [4.69, 9.17) is 0 Å². The van der Waals surface area contributed by atoms with Gasteiger partial charge in [-0.2, -0.15) is 0 Å². The summed E-state index contributed by atoms with van der Waals surface area (Å²) in [5, 5.41) is 7.87. The van der Waals surface area contributed by atoms with Crippen LogP contribution in [0.1, 0.15) is 22.5 Å². The molecule has 23 heavy (non-hydrogen) atoms. The van der Waals surface area contributed by atoms with Gasteiger partial charge >= 0.3 is 0 Å². The molecule has 3 aromatic heterocycles. The number of carbonyl (C=O) groups is 1. The van der Waals surface area contributed by atoms with Gasteiger partial charge in [0, 0.05) is 43.4 Å². The number of aromatic nitrogens is 4. The number of aromatic amines is 1. The van der Waals surface area contributed by atoms with Crippen LogP contribution < -0.4 is 5.32 Å². The first-order chi connectivity index (χ1) is 11.2. The highest BCUT2D eigenvalue weighted by Gasteiger charge is 2.28. The molecule has 0 aromatic carbocycles. The maximum absolute atomic E-state index is 12.5. The third-order valence-electron chi connectivity index (χ3n) is 4.27. The van der Waals surface area contributed by atoms with Crippen LogP contribution in [0, 0.1) is 6.92 Å². The van der Waals surface area contributed by atoms with Crippen molar-refractivity contribution >= 4 is 17.4 Å². The van der Waals surface area contributed by atoms with Crippen molar-refractivity contribution in [3.05, 3.63) is 48.0 Å². The Morgan fingerprint density at radius 3 is 3.13 bits per heavy atom. The van der Waals surface area contributed by atoms with Crippen molar-refractivity contribution < 1.29 is 4.79 Å². The lowest BCUT2D eigenvalue weighted by molar-refractivity contribution is 0.0791. The maximum atomic E-state index is 12.5. The molecule has 1 aliphatic rings. The third-order valence-corrected chi connectivity index (χ3v) is 4.27. The monoisotopic (exact) mass is 310 g/mol. The fourth-order valence-electron chi connectivity index (χ4n) is 3.02. The van der Waals surface area contributed by atoms with E-state index < -0.39 is 0 Å². The molecule has 1 amide bonds. The summed E-state index contributed by atoms with van der Waals surface area (Å²) in [6.07, 6.45) is 6.26. The predicted octanol–water partition coefficient (Wildman–Crippen LogP) is 1.69. The van der Waals surface area contributed by atoms with Crippen LogP contribution in [0.5, 0.6) is 0 Å². The average molecular weight is 310 g/mol. The Kier molecular flexibility index (Phi) is 3.25. The molecule has 118 valence electrons. The number of hydrogen-bond donors (Lipinski definition) is 2. The van der Waals surface area contributed by atoms with Crippen LogP contribution in [-0.2, 0) is 0 Å². The van der Waals surface area contributed by atoms with Crippen LogP contribution in [0.25, 0.3) is 5.65 Å². The SMILES string of the molecule is Cc1[nH]ccc1C(=O)N1CCC(Nc2ccc3nccn3n2)C1.